The van der Waals surface area contributed by atoms with Gasteiger partial charge in [-0.1, -0.05) is 237 Å². The molecule has 0 fully saturated rings. The summed E-state index contributed by atoms with van der Waals surface area (Å²) in [5.74, 6) is 2.32. The molecule has 0 bridgehead atoms. The maximum atomic E-state index is 7.39. The number of imidazole rings is 1. The summed E-state index contributed by atoms with van der Waals surface area (Å²) in [6, 6.07) is 75.2. The third-order valence-corrected chi connectivity index (χ3v) is 17.2. The average molecular weight is 1080 g/mol. The smallest absolute Gasteiger partial charge is 0.269 e. The molecule has 3 aromatic heterocycles. The van der Waals surface area contributed by atoms with Gasteiger partial charge in [-0.05, 0) is 133 Å². The zero-order valence-electron chi connectivity index (χ0n) is 50.9. The number of pyridine rings is 1. The fraction of sp³-hybridized carbons (Fsp3) is 0.273. The molecular weight excluding hydrogens is 997 g/mol. The molecule has 11 rings (SSSR count). The van der Waals surface area contributed by atoms with Gasteiger partial charge in [-0.15, -0.1) is 0 Å². The van der Waals surface area contributed by atoms with Gasteiger partial charge in [0, 0.05) is 39.3 Å². The first kappa shape index (κ1) is 55.6. The molecule has 0 saturated heterocycles. The number of rotatable bonds is 12. The third-order valence-electron chi connectivity index (χ3n) is 17.2. The zero-order chi connectivity index (χ0) is 58.1. The molecule has 5 nitrogen and oxygen atoms in total. The number of fused-ring (bicyclic) bond motifs is 3. The normalized spacial score (nSPS) is 12.8. The molecular formula is C77H80N4O. The van der Waals surface area contributed by atoms with Gasteiger partial charge in [0.2, 0.25) is 0 Å². The second-order valence-electron chi connectivity index (χ2n) is 27.3. The van der Waals surface area contributed by atoms with E-state index in [9.17, 15) is 0 Å². The van der Waals surface area contributed by atoms with Crippen LogP contribution in [0, 0.1) is 6.33 Å². The molecule has 0 aliphatic rings. The van der Waals surface area contributed by atoms with E-state index in [0.29, 0.717) is 0 Å². The van der Waals surface area contributed by atoms with Crippen LogP contribution in [0.2, 0.25) is 0 Å². The minimum absolute atomic E-state index is 0.0715. The highest BCUT2D eigenvalue weighted by molar-refractivity contribution is 6.10. The van der Waals surface area contributed by atoms with Gasteiger partial charge >= 0.3 is 0 Å². The summed E-state index contributed by atoms with van der Waals surface area (Å²) in [5, 5.41) is 2.28. The van der Waals surface area contributed by atoms with Crippen molar-refractivity contribution in [3.8, 4) is 39.8 Å². The second-order valence-corrected chi connectivity index (χ2v) is 27.3. The molecule has 0 aliphatic carbocycles. The van der Waals surface area contributed by atoms with Crippen molar-refractivity contribution < 1.29 is 9.30 Å². The predicted molar refractivity (Wildman–Crippen MR) is 342 cm³/mol. The molecule has 414 valence electrons. The maximum absolute atomic E-state index is 7.39. The lowest BCUT2D eigenvalue weighted by Crippen LogP contribution is -2.43. The molecule has 0 atom stereocenters. The van der Waals surface area contributed by atoms with Crippen molar-refractivity contribution in [1.82, 2.24) is 14.1 Å². The van der Waals surface area contributed by atoms with Gasteiger partial charge in [0.1, 0.15) is 17.3 Å². The highest BCUT2D eigenvalue weighted by Gasteiger charge is 2.41. The van der Waals surface area contributed by atoms with Crippen LogP contribution in [0.25, 0.3) is 50.1 Å². The molecule has 82 heavy (non-hydrogen) atoms. The molecule has 0 amide bonds. The van der Waals surface area contributed by atoms with Crippen LogP contribution in [0.15, 0.2) is 212 Å². The summed E-state index contributed by atoms with van der Waals surface area (Å²) in [6.07, 6.45) is 6.11. The van der Waals surface area contributed by atoms with Crippen LogP contribution in [0.4, 0.5) is 0 Å². The van der Waals surface area contributed by atoms with Gasteiger partial charge < -0.3 is 4.74 Å². The van der Waals surface area contributed by atoms with Gasteiger partial charge in [-0.2, -0.15) is 0 Å². The van der Waals surface area contributed by atoms with Crippen molar-refractivity contribution in [1.29, 1.82) is 0 Å². The highest BCUT2D eigenvalue weighted by Crippen LogP contribution is 2.45. The molecule has 5 heteroatoms. The number of ether oxygens (including phenoxy) is 1. The Labute approximate surface area is 488 Å². The van der Waals surface area contributed by atoms with Crippen molar-refractivity contribution in [3.63, 3.8) is 0 Å². The van der Waals surface area contributed by atoms with E-state index in [1.165, 1.54) is 44.5 Å². The van der Waals surface area contributed by atoms with Crippen molar-refractivity contribution in [3.05, 3.63) is 269 Å². The van der Waals surface area contributed by atoms with E-state index in [-0.39, 0.29) is 16.2 Å². The van der Waals surface area contributed by atoms with Crippen LogP contribution in [0.1, 0.15) is 154 Å². The Balaban J connectivity index is 1.19. The second kappa shape index (κ2) is 20.6. The first-order valence-corrected chi connectivity index (χ1v) is 29.2. The molecule has 11 aromatic rings. The SMILES string of the molecule is CC(C)(C)c1cc(-[n+]2[c-]n(-c3cc(Oc4ccc5c6cc(-c7ccccc7)ccc6n(-c6cc(C(C)(C)C)ccn6)c5c4)cc(C(C)(C)c4ccccc4)c3)c(C(C)(C)c3ccccc3)c2C(C)(C)c2ccccc2)cc(C(C)(C)C)c1. The van der Waals surface area contributed by atoms with Crippen molar-refractivity contribution in [2.75, 3.05) is 0 Å². The number of benzene rings is 8. The van der Waals surface area contributed by atoms with E-state index in [4.69, 9.17) is 9.72 Å². The van der Waals surface area contributed by atoms with Gasteiger partial charge in [0.15, 0.2) is 0 Å². The van der Waals surface area contributed by atoms with Crippen LogP contribution in [-0.4, -0.2) is 14.1 Å². The average Bonchev–Trinajstić information content (AvgIpc) is 2.67. The Morgan fingerprint density at radius 3 is 1.51 bits per heavy atom. The lowest BCUT2D eigenvalue weighted by atomic mass is 9.73. The minimum atomic E-state index is -0.540. The summed E-state index contributed by atoms with van der Waals surface area (Å²) < 4.78 is 14.5. The molecule has 8 aromatic carbocycles. The number of aromatic nitrogens is 4. The lowest BCUT2D eigenvalue weighted by Gasteiger charge is -2.35. The van der Waals surface area contributed by atoms with Crippen molar-refractivity contribution in [2.24, 2.45) is 0 Å². The highest BCUT2D eigenvalue weighted by atomic mass is 16.5. The van der Waals surface area contributed by atoms with E-state index in [1.807, 2.05) is 6.20 Å². The van der Waals surface area contributed by atoms with Crippen molar-refractivity contribution >= 4 is 21.8 Å². The lowest BCUT2D eigenvalue weighted by molar-refractivity contribution is -0.611. The molecule has 0 N–H and O–H groups in total. The standard InChI is InChI=1S/C77H80N4O/c1-72(2,3)57-40-41-78-69(48-57)81-67-39-36-53(52-28-20-16-21-29-52)42-66(67)65-38-37-63(50-68(65)81)82-64-47-60(75(10,11)54-30-22-17-23-31-54)46-62(49-64)80-51-79(61-44-58(73(4,5)6)43-59(45-61)74(7,8)9)70(76(12,13)55-32-24-18-25-33-55)71(80)77(14,15)56-34-26-19-27-35-56/h16-50H,1-15H3. The molecule has 0 radical (unpaired) electrons. The van der Waals surface area contributed by atoms with Gasteiger partial charge in [-0.25, -0.2) is 4.98 Å². The fourth-order valence-electron chi connectivity index (χ4n) is 11.9. The van der Waals surface area contributed by atoms with Crippen LogP contribution in [0.3, 0.4) is 0 Å². The van der Waals surface area contributed by atoms with Gasteiger partial charge in [-0.3, -0.25) is 13.7 Å². The van der Waals surface area contributed by atoms with Gasteiger partial charge in [0.25, 0.3) is 6.33 Å². The zero-order valence-corrected chi connectivity index (χ0v) is 50.9. The quantitative estimate of drug-likeness (QED) is 0.0903. The minimum Gasteiger partial charge on any atom is -0.458 e. The Morgan fingerprint density at radius 2 is 0.939 bits per heavy atom. The number of hydrogen-bond donors (Lipinski definition) is 0. The Hall–Kier alpha value is -8.28. The molecule has 0 spiro atoms. The van der Waals surface area contributed by atoms with E-state index in [2.05, 4.69) is 330 Å². The van der Waals surface area contributed by atoms with E-state index < -0.39 is 16.2 Å². The first-order valence-electron chi connectivity index (χ1n) is 29.2. The summed E-state index contributed by atoms with van der Waals surface area (Å²) in [7, 11) is 0. The maximum Gasteiger partial charge on any atom is 0.269 e. The Kier molecular flexibility index (Phi) is 14.0. The van der Waals surface area contributed by atoms with Gasteiger partial charge in [0.05, 0.1) is 33.8 Å². The van der Waals surface area contributed by atoms with Crippen molar-refractivity contribution in [2.45, 2.75) is 136 Å². The third kappa shape index (κ3) is 10.4. The van der Waals surface area contributed by atoms with Crippen LogP contribution >= 0.6 is 0 Å². The molecule has 0 aliphatic heterocycles. The van der Waals surface area contributed by atoms with E-state index in [1.54, 1.807) is 0 Å². The fourth-order valence-corrected chi connectivity index (χ4v) is 11.9. The van der Waals surface area contributed by atoms with Crippen LogP contribution < -0.4 is 9.30 Å². The Bertz CT molecular complexity index is 4090. The largest absolute Gasteiger partial charge is 0.458 e. The monoisotopic (exact) mass is 1080 g/mol. The Morgan fingerprint density at radius 1 is 0.390 bits per heavy atom. The number of hydrogen-bond acceptors (Lipinski definition) is 2. The van der Waals surface area contributed by atoms with Crippen LogP contribution in [0.5, 0.6) is 11.5 Å². The predicted octanol–water partition coefficient (Wildman–Crippen LogP) is 19.4. The summed E-state index contributed by atoms with van der Waals surface area (Å²) >= 11 is 0. The summed E-state index contributed by atoms with van der Waals surface area (Å²) in [5.41, 5.74) is 15.5. The first-order chi connectivity index (χ1) is 38.8. The summed E-state index contributed by atoms with van der Waals surface area (Å²) in [4.78, 5) is 5.07. The van der Waals surface area contributed by atoms with E-state index in [0.717, 1.165) is 67.4 Å². The molecule has 0 saturated carbocycles. The van der Waals surface area contributed by atoms with Crippen LogP contribution in [-0.2, 0) is 32.5 Å². The number of nitrogens with zero attached hydrogens (tertiary/aromatic N) is 4. The topological polar surface area (TPSA) is 35.9 Å². The van der Waals surface area contributed by atoms with E-state index >= 15 is 0 Å². The summed E-state index contributed by atoms with van der Waals surface area (Å²) in [6.45, 7) is 34.8. The molecule has 3 heterocycles. The molecule has 0 unspecified atom stereocenters.